The molecule has 2 rings (SSSR count). The molecule has 5 heteroatoms. The van der Waals surface area contributed by atoms with Crippen molar-refractivity contribution in [1.29, 1.82) is 0 Å². The molecule has 96 valence electrons. The van der Waals surface area contributed by atoms with Crippen LogP contribution in [0.2, 0.25) is 0 Å². The van der Waals surface area contributed by atoms with Gasteiger partial charge in [-0.1, -0.05) is 0 Å². The van der Waals surface area contributed by atoms with E-state index in [2.05, 4.69) is 0 Å². The maximum Gasteiger partial charge on any atom is 0.299 e. The Hall–Kier alpha value is -1.88. The van der Waals surface area contributed by atoms with Gasteiger partial charge in [-0.2, -0.15) is 0 Å². The lowest BCUT2D eigenvalue weighted by molar-refractivity contribution is -0.114. The average molecular weight is 248 g/mol. The van der Waals surface area contributed by atoms with E-state index in [-0.39, 0.29) is 0 Å². The lowest BCUT2D eigenvalue weighted by Gasteiger charge is -2.20. The van der Waals surface area contributed by atoms with Crippen molar-refractivity contribution in [2.45, 2.75) is 0 Å². The Morgan fingerprint density at radius 2 is 2.06 bits per heavy atom. The van der Waals surface area contributed by atoms with Crippen LogP contribution in [0.15, 0.2) is 18.2 Å². The number of carbonyl (C=O) groups is 2. The maximum absolute atomic E-state index is 11.6. The number of likely N-dealkylation sites (N-methyl/N-ethyl adjacent to an activating group) is 2. The molecule has 0 atom stereocenters. The first-order chi connectivity index (χ1) is 8.56. The van der Waals surface area contributed by atoms with Crippen LogP contribution in [0.1, 0.15) is 10.4 Å². The SMILES string of the molecule is COCCN(C)c1ccc2c(c1)N(C)C(=O)C2=O. The molecule has 18 heavy (non-hydrogen) atoms. The molecule has 0 aromatic heterocycles. The van der Waals surface area contributed by atoms with Crippen molar-refractivity contribution in [1.82, 2.24) is 0 Å². The second kappa shape index (κ2) is 4.78. The number of amides is 1. The van der Waals surface area contributed by atoms with Gasteiger partial charge in [0.15, 0.2) is 0 Å². The van der Waals surface area contributed by atoms with Crippen LogP contribution in [-0.2, 0) is 9.53 Å². The Labute approximate surface area is 106 Å². The number of ketones is 1. The molecule has 0 aliphatic carbocycles. The van der Waals surface area contributed by atoms with Crippen LogP contribution < -0.4 is 9.80 Å². The van der Waals surface area contributed by atoms with Crippen LogP contribution in [0, 0.1) is 0 Å². The van der Waals surface area contributed by atoms with E-state index in [0.717, 1.165) is 12.2 Å². The lowest BCUT2D eigenvalue weighted by atomic mass is 10.1. The molecule has 1 amide bonds. The van der Waals surface area contributed by atoms with E-state index in [4.69, 9.17) is 4.74 Å². The predicted octanol–water partition coefficient (Wildman–Crippen LogP) is 0.928. The number of hydrogen-bond acceptors (Lipinski definition) is 4. The maximum atomic E-state index is 11.6. The summed E-state index contributed by atoms with van der Waals surface area (Å²) in [4.78, 5) is 26.6. The highest BCUT2D eigenvalue weighted by Crippen LogP contribution is 2.31. The van der Waals surface area contributed by atoms with Crippen LogP contribution in [0.25, 0.3) is 0 Å². The summed E-state index contributed by atoms with van der Waals surface area (Å²) in [7, 11) is 5.21. The van der Waals surface area contributed by atoms with Gasteiger partial charge in [0.25, 0.3) is 11.7 Å². The molecule has 1 aromatic carbocycles. The van der Waals surface area contributed by atoms with Gasteiger partial charge >= 0.3 is 0 Å². The number of anilines is 2. The zero-order valence-electron chi connectivity index (χ0n) is 10.8. The summed E-state index contributed by atoms with van der Waals surface area (Å²) in [5, 5.41) is 0. The van der Waals surface area contributed by atoms with Gasteiger partial charge in [-0.25, -0.2) is 0 Å². The van der Waals surface area contributed by atoms with E-state index in [1.54, 1.807) is 20.2 Å². The first-order valence-corrected chi connectivity index (χ1v) is 5.72. The largest absolute Gasteiger partial charge is 0.383 e. The molecule has 0 N–H and O–H groups in total. The number of ether oxygens (including phenoxy) is 1. The summed E-state index contributed by atoms with van der Waals surface area (Å²) >= 11 is 0. The molecular weight excluding hydrogens is 232 g/mol. The summed E-state index contributed by atoms with van der Waals surface area (Å²) in [5.74, 6) is -0.903. The van der Waals surface area contributed by atoms with Gasteiger partial charge in [0.05, 0.1) is 17.9 Å². The van der Waals surface area contributed by atoms with Crippen LogP contribution >= 0.6 is 0 Å². The minimum Gasteiger partial charge on any atom is -0.383 e. The molecule has 0 radical (unpaired) electrons. The van der Waals surface area contributed by atoms with Gasteiger partial charge in [0, 0.05) is 33.4 Å². The smallest absolute Gasteiger partial charge is 0.299 e. The fourth-order valence-electron chi connectivity index (χ4n) is 1.96. The monoisotopic (exact) mass is 248 g/mol. The Morgan fingerprint density at radius 3 is 2.72 bits per heavy atom. The number of fused-ring (bicyclic) bond motifs is 1. The standard InChI is InChI=1S/C13H16N2O3/c1-14(6-7-18-3)9-4-5-10-11(8-9)15(2)13(17)12(10)16/h4-5,8H,6-7H2,1-3H3. The molecule has 1 aliphatic heterocycles. The molecular formula is C13H16N2O3. The molecule has 1 aliphatic rings. The van der Waals surface area contributed by atoms with E-state index >= 15 is 0 Å². The van der Waals surface area contributed by atoms with Gasteiger partial charge in [-0.15, -0.1) is 0 Å². The summed E-state index contributed by atoms with van der Waals surface area (Å²) in [6, 6.07) is 5.41. The average Bonchev–Trinajstić information content (AvgIpc) is 2.61. The minimum atomic E-state index is -0.471. The first kappa shape index (κ1) is 12.6. The minimum absolute atomic E-state index is 0.432. The van der Waals surface area contributed by atoms with Crippen molar-refractivity contribution in [2.24, 2.45) is 0 Å². The number of hydrogen-bond donors (Lipinski definition) is 0. The third-order valence-corrected chi connectivity index (χ3v) is 3.16. The molecule has 0 bridgehead atoms. The number of methoxy groups -OCH3 is 1. The normalized spacial score (nSPS) is 14.1. The van der Waals surface area contributed by atoms with Crippen LogP contribution in [0.3, 0.4) is 0 Å². The Balaban J connectivity index is 2.29. The lowest BCUT2D eigenvalue weighted by Crippen LogP contribution is -2.25. The van der Waals surface area contributed by atoms with Crippen LogP contribution in [-0.4, -0.2) is 46.0 Å². The fourth-order valence-corrected chi connectivity index (χ4v) is 1.96. The Morgan fingerprint density at radius 1 is 1.33 bits per heavy atom. The topological polar surface area (TPSA) is 49.9 Å². The van der Waals surface area contributed by atoms with Gasteiger partial charge in [0.1, 0.15) is 0 Å². The number of carbonyl (C=O) groups excluding carboxylic acids is 2. The molecule has 1 heterocycles. The molecule has 0 saturated carbocycles. The fraction of sp³-hybridized carbons (Fsp3) is 0.385. The highest BCUT2D eigenvalue weighted by atomic mass is 16.5. The van der Waals surface area contributed by atoms with Crippen LogP contribution in [0.5, 0.6) is 0 Å². The van der Waals surface area contributed by atoms with Crippen LogP contribution in [0.4, 0.5) is 11.4 Å². The van der Waals surface area contributed by atoms with Gasteiger partial charge in [0.2, 0.25) is 0 Å². The third kappa shape index (κ3) is 1.97. The molecule has 0 saturated heterocycles. The van der Waals surface area contributed by atoms with E-state index in [0.29, 0.717) is 17.9 Å². The van der Waals surface area contributed by atoms with Crippen molar-refractivity contribution >= 4 is 23.1 Å². The summed E-state index contributed by atoms with van der Waals surface area (Å²) in [5.41, 5.74) is 2.11. The van der Waals surface area contributed by atoms with E-state index in [1.807, 2.05) is 24.1 Å². The Bertz CT molecular complexity index is 499. The van der Waals surface area contributed by atoms with Gasteiger partial charge < -0.3 is 14.5 Å². The van der Waals surface area contributed by atoms with Crippen molar-refractivity contribution < 1.29 is 14.3 Å². The predicted molar refractivity (Wildman–Crippen MR) is 69.3 cm³/mol. The van der Waals surface area contributed by atoms with Crippen molar-refractivity contribution in [2.75, 3.05) is 44.2 Å². The van der Waals surface area contributed by atoms with E-state index in [1.165, 1.54) is 4.90 Å². The van der Waals surface area contributed by atoms with Crippen molar-refractivity contribution in [3.63, 3.8) is 0 Å². The molecule has 1 aromatic rings. The second-order valence-corrected chi connectivity index (χ2v) is 4.31. The molecule has 0 fully saturated rings. The molecule has 0 unspecified atom stereocenters. The quantitative estimate of drug-likeness (QED) is 0.744. The highest BCUT2D eigenvalue weighted by molar-refractivity contribution is 6.52. The molecule has 0 spiro atoms. The summed E-state index contributed by atoms with van der Waals surface area (Å²) < 4.78 is 5.02. The van der Waals surface area contributed by atoms with Gasteiger partial charge in [-0.3, -0.25) is 9.59 Å². The van der Waals surface area contributed by atoms with Crippen molar-refractivity contribution in [3.05, 3.63) is 23.8 Å². The first-order valence-electron chi connectivity index (χ1n) is 5.72. The number of rotatable bonds is 4. The zero-order valence-corrected chi connectivity index (χ0v) is 10.8. The second-order valence-electron chi connectivity index (χ2n) is 4.31. The Kier molecular flexibility index (Phi) is 3.34. The third-order valence-electron chi connectivity index (χ3n) is 3.16. The molecule has 5 nitrogen and oxygen atoms in total. The van der Waals surface area contributed by atoms with Gasteiger partial charge in [-0.05, 0) is 18.2 Å². The van der Waals surface area contributed by atoms with Crippen molar-refractivity contribution in [3.8, 4) is 0 Å². The summed E-state index contributed by atoms with van der Waals surface area (Å²) in [6.07, 6.45) is 0. The highest BCUT2D eigenvalue weighted by Gasteiger charge is 2.33. The number of Topliss-reactive ketones (excluding diaryl/α,β-unsaturated/α-hetero) is 1. The summed E-state index contributed by atoms with van der Waals surface area (Å²) in [6.45, 7) is 1.38. The number of benzene rings is 1. The zero-order chi connectivity index (χ0) is 13.3. The van der Waals surface area contributed by atoms with E-state index < -0.39 is 11.7 Å². The van der Waals surface area contributed by atoms with E-state index in [9.17, 15) is 9.59 Å². The number of nitrogens with zero attached hydrogens (tertiary/aromatic N) is 2.